The minimum Gasteiger partial charge on any atom is -0.267 e. The van der Waals surface area contributed by atoms with Crippen molar-refractivity contribution in [3.63, 3.8) is 0 Å². The van der Waals surface area contributed by atoms with Gasteiger partial charge >= 0.3 is 0 Å². The first-order valence-corrected chi connectivity index (χ1v) is 6.21. The zero-order valence-corrected chi connectivity index (χ0v) is 11.2. The Morgan fingerprint density at radius 2 is 1.68 bits per heavy atom. The Morgan fingerprint density at radius 1 is 1.05 bits per heavy atom. The molecule has 2 aromatic carbocycles. The van der Waals surface area contributed by atoms with Gasteiger partial charge < -0.3 is 0 Å². The van der Waals surface area contributed by atoms with Crippen molar-refractivity contribution in [1.29, 1.82) is 0 Å². The van der Waals surface area contributed by atoms with Crippen LogP contribution in [0.5, 0.6) is 0 Å². The van der Waals surface area contributed by atoms with Gasteiger partial charge in [0.1, 0.15) is 0 Å². The second kappa shape index (κ2) is 6.16. The monoisotopic (exact) mass is 272 g/mol. The number of carbonyl (C=O) groups excluding carboxylic acids is 1. The number of hydrogen-bond donors (Lipinski definition) is 1. The molecule has 0 unspecified atom stereocenters. The predicted octanol–water partition coefficient (Wildman–Crippen LogP) is 3.49. The first kappa shape index (κ1) is 13.3. The summed E-state index contributed by atoms with van der Waals surface area (Å²) in [5.74, 6) is -0.244. The van der Waals surface area contributed by atoms with E-state index in [1.54, 1.807) is 37.3 Å². The minimum atomic E-state index is -0.244. The maximum absolute atomic E-state index is 11.8. The van der Waals surface area contributed by atoms with E-state index in [1.165, 1.54) is 0 Å². The zero-order valence-electron chi connectivity index (χ0n) is 10.4. The van der Waals surface area contributed by atoms with Crippen molar-refractivity contribution in [1.82, 2.24) is 5.43 Å². The van der Waals surface area contributed by atoms with Crippen molar-refractivity contribution < 1.29 is 4.79 Å². The van der Waals surface area contributed by atoms with Gasteiger partial charge in [-0.1, -0.05) is 48.0 Å². The molecule has 3 nitrogen and oxygen atoms in total. The van der Waals surface area contributed by atoms with Crippen LogP contribution < -0.4 is 5.43 Å². The van der Waals surface area contributed by atoms with Crippen LogP contribution in [0.15, 0.2) is 59.7 Å². The molecule has 0 bridgehead atoms. The summed E-state index contributed by atoms with van der Waals surface area (Å²) in [5, 5.41) is 4.67. The van der Waals surface area contributed by atoms with E-state index in [4.69, 9.17) is 11.6 Å². The maximum Gasteiger partial charge on any atom is 0.271 e. The molecule has 0 aliphatic heterocycles. The molecule has 0 saturated heterocycles. The summed E-state index contributed by atoms with van der Waals surface area (Å²) in [4.78, 5) is 11.8. The zero-order chi connectivity index (χ0) is 13.7. The number of nitrogens with one attached hydrogen (secondary N) is 1. The fourth-order valence-electron chi connectivity index (χ4n) is 1.60. The van der Waals surface area contributed by atoms with Gasteiger partial charge in [-0.15, -0.1) is 0 Å². The molecule has 0 radical (unpaired) electrons. The Kier molecular flexibility index (Phi) is 4.31. The van der Waals surface area contributed by atoms with Crippen molar-refractivity contribution in [3.8, 4) is 0 Å². The van der Waals surface area contributed by atoms with Gasteiger partial charge in [0.15, 0.2) is 0 Å². The van der Waals surface area contributed by atoms with Gasteiger partial charge in [-0.2, -0.15) is 5.10 Å². The van der Waals surface area contributed by atoms with E-state index in [-0.39, 0.29) is 5.91 Å². The molecule has 4 heteroatoms. The van der Waals surface area contributed by atoms with E-state index in [1.807, 2.05) is 24.3 Å². The van der Waals surface area contributed by atoms with Gasteiger partial charge in [-0.25, -0.2) is 5.43 Å². The summed E-state index contributed by atoms with van der Waals surface area (Å²) in [6.07, 6.45) is 0. The molecule has 0 atom stereocenters. The summed E-state index contributed by atoms with van der Waals surface area (Å²) in [6, 6.07) is 16.3. The number of hydrogen-bond acceptors (Lipinski definition) is 2. The van der Waals surface area contributed by atoms with Crippen molar-refractivity contribution >= 4 is 23.2 Å². The smallest absolute Gasteiger partial charge is 0.267 e. The summed E-state index contributed by atoms with van der Waals surface area (Å²) in [6.45, 7) is 1.80. The highest BCUT2D eigenvalue weighted by Gasteiger charge is 2.05. The van der Waals surface area contributed by atoms with E-state index >= 15 is 0 Å². The summed E-state index contributed by atoms with van der Waals surface area (Å²) in [5.41, 5.74) is 4.55. The Labute approximate surface area is 116 Å². The number of carbonyl (C=O) groups is 1. The third-order valence-electron chi connectivity index (χ3n) is 2.62. The van der Waals surface area contributed by atoms with Crippen LogP contribution >= 0.6 is 11.6 Å². The van der Waals surface area contributed by atoms with E-state index in [9.17, 15) is 4.79 Å². The Bertz CT molecular complexity index is 609. The molecule has 0 aromatic heterocycles. The second-order valence-electron chi connectivity index (χ2n) is 3.98. The van der Waals surface area contributed by atoms with Crippen LogP contribution in [0.2, 0.25) is 5.02 Å². The van der Waals surface area contributed by atoms with E-state index in [2.05, 4.69) is 10.5 Å². The molecule has 0 aliphatic rings. The highest BCUT2D eigenvalue weighted by molar-refractivity contribution is 6.34. The van der Waals surface area contributed by atoms with Crippen LogP contribution in [-0.2, 0) is 0 Å². The van der Waals surface area contributed by atoms with Crippen molar-refractivity contribution in [2.24, 2.45) is 5.10 Å². The van der Waals surface area contributed by atoms with Gasteiger partial charge in [0.05, 0.1) is 5.71 Å². The van der Waals surface area contributed by atoms with Crippen molar-refractivity contribution in [2.45, 2.75) is 6.92 Å². The lowest BCUT2D eigenvalue weighted by molar-refractivity contribution is 0.0955. The van der Waals surface area contributed by atoms with Gasteiger partial charge in [-0.05, 0) is 25.1 Å². The first-order valence-electron chi connectivity index (χ1n) is 5.83. The highest BCUT2D eigenvalue weighted by atomic mass is 35.5. The van der Waals surface area contributed by atoms with Gasteiger partial charge in [0, 0.05) is 16.1 Å². The number of nitrogens with zero attached hydrogens (tertiary/aromatic N) is 1. The van der Waals surface area contributed by atoms with Crippen LogP contribution in [-0.4, -0.2) is 11.6 Å². The Balaban J connectivity index is 2.11. The topological polar surface area (TPSA) is 41.5 Å². The average Bonchev–Trinajstić information content (AvgIpc) is 2.46. The molecular formula is C15H13ClN2O. The van der Waals surface area contributed by atoms with E-state index < -0.39 is 0 Å². The number of rotatable bonds is 3. The highest BCUT2D eigenvalue weighted by Crippen LogP contribution is 2.15. The van der Waals surface area contributed by atoms with Crippen molar-refractivity contribution in [2.75, 3.05) is 0 Å². The summed E-state index contributed by atoms with van der Waals surface area (Å²) < 4.78 is 0. The third-order valence-corrected chi connectivity index (χ3v) is 2.95. The van der Waals surface area contributed by atoms with Gasteiger partial charge in [-0.3, -0.25) is 4.79 Å². The molecule has 2 rings (SSSR count). The van der Waals surface area contributed by atoms with Crippen LogP contribution in [0.3, 0.4) is 0 Å². The van der Waals surface area contributed by atoms with Crippen molar-refractivity contribution in [3.05, 3.63) is 70.7 Å². The molecule has 1 N–H and O–H groups in total. The lowest BCUT2D eigenvalue weighted by Gasteiger charge is -2.04. The summed E-state index contributed by atoms with van der Waals surface area (Å²) in [7, 11) is 0. The molecule has 19 heavy (non-hydrogen) atoms. The maximum atomic E-state index is 11.8. The molecule has 0 saturated carbocycles. The number of amides is 1. The first-order chi connectivity index (χ1) is 9.18. The minimum absolute atomic E-state index is 0.244. The van der Waals surface area contributed by atoms with E-state index in [0.29, 0.717) is 16.3 Å². The largest absolute Gasteiger partial charge is 0.271 e. The van der Waals surface area contributed by atoms with Crippen LogP contribution in [0, 0.1) is 0 Å². The standard InChI is InChI=1S/C15H13ClN2O/c1-11(13-9-5-6-10-14(13)16)17-18-15(19)12-7-3-2-4-8-12/h2-10H,1H3,(H,18,19). The molecule has 2 aromatic rings. The lowest BCUT2D eigenvalue weighted by atomic mass is 10.1. The van der Waals surface area contributed by atoms with Gasteiger partial charge in [0.25, 0.3) is 5.91 Å². The third kappa shape index (κ3) is 3.42. The SMILES string of the molecule is CC(=NNC(=O)c1ccccc1)c1ccccc1Cl. The quantitative estimate of drug-likeness (QED) is 0.674. The molecule has 96 valence electrons. The number of hydrazone groups is 1. The van der Waals surface area contributed by atoms with Crippen LogP contribution in [0.1, 0.15) is 22.8 Å². The van der Waals surface area contributed by atoms with Crippen LogP contribution in [0.25, 0.3) is 0 Å². The molecule has 0 spiro atoms. The fraction of sp³-hybridized carbons (Fsp3) is 0.0667. The molecule has 1 amide bonds. The normalized spacial score (nSPS) is 11.2. The number of halogens is 1. The molecule has 0 heterocycles. The molecular weight excluding hydrogens is 260 g/mol. The Morgan fingerprint density at radius 3 is 2.37 bits per heavy atom. The van der Waals surface area contributed by atoms with E-state index in [0.717, 1.165) is 5.56 Å². The Hall–Kier alpha value is -2.13. The predicted molar refractivity (Wildman–Crippen MR) is 77.6 cm³/mol. The second-order valence-corrected chi connectivity index (χ2v) is 4.39. The van der Waals surface area contributed by atoms with Crippen LogP contribution in [0.4, 0.5) is 0 Å². The lowest BCUT2D eigenvalue weighted by Crippen LogP contribution is -2.19. The molecule has 0 fully saturated rings. The molecule has 0 aliphatic carbocycles. The average molecular weight is 273 g/mol. The summed E-state index contributed by atoms with van der Waals surface area (Å²) >= 11 is 6.06. The van der Waals surface area contributed by atoms with Gasteiger partial charge in [0.2, 0.25) is 0 Å². The number of benzene rings is 2. The fourth-order valence-corrected chi connectivity index (χ4v) is 1.88.